The van der Waals surface area contributed by atoms with Crippen LogP contribution in [0.3, 0.4) is 0 Å². The van der Waals surface area contributed by atoms with Gasteiger partial charge in [-0.15, -0.1) is 0 Å². The molecule has 1 amide bonds. The zero-order chi connectivity index (χ0) is 39.2. The van der Waals surface area contributed by atoms with Crippen LogP contribution in [-0.4, -0.2) is 119 Å². The van der Waals surface area contributed by atoms with Crippen LogP contribution in [0.1, 0.15) is 38.8 Å². The average molecular weight is 762 g/mol. The summed E-state index contributed by atoms with van der Waals surface area (Å²) in [5.41, 5.74) is 1.59. The Labute approximate surface area is 312 Å². The van der Waals surface area contributed by atoms with E-state index in [0.29, 0.717) is 0 Å². The van der Waals surface area contributed by atoms with Gasteiger partial charge in [0.2, 0.25) is 0 Å². The highest BCUT2D eigenvalue weighted by Crippen LogP contribution is 2.35. The topological polar surface area (TPSA) is 199 Å². The van der Waals surface area contributed by atoms with Gasteiger partial charge < -0.3 is 57.4 Å². The molecular weight excluding hydrogens is 714 g/mol. The zero-order valence-corrected chi connectivity index (χ0v) is 30.9. The molecule has 17 nitrogen and oxygen atoms in total. The highest BCUT2D eigenvalue weighted by Gasteiger charge is 2.56. The second-order valence-corrected chi connectivity index (χ2v) is 12.4. The standard InChI is InChI=1S/C37H47NO16/c1-21(39)46-19-27-30(48-17-25-13-9-7-10-14-25)33(34(36(44-5)53-27)49-18-26-15-11-8-12-16-26)54-35-29(38-37(43)45-6)32(51-24(4)42)31(50-23(3)41)28(52-35)20-47-22(2)40/h7-16,27-36H,17-20H2,1-6H3,(H,38,43)/t27-,28-,29-,30-,31-,32-,33+,34-,35+,36+/m1/s1. The lowest BCUT2D eigenvalue weighted by Gasteiger charge is -2.49. The monoisotopic (exact) mass is 761 g/mol. The van der Waals surface area contributed by atoms with Crippen LogP contribution in [0.4, 0.5) is 4.79 Å². The minimum atomic E-state index is -1.57. The van der Waals surface area contributed by atoms with E-state index < -0.39 is 97.9 Å². The van der Waals surface area contributed by atoms with Crippen LogP contribution < -0.4 is 5.32 Å². The number of rotatable bonds is 16. The van der Waals surface area contributed by atoms with E-state index in [1.807, 2.05) is 60.7 Å². The molecule has 10 atom stereocenters. The number of carbonyl (C=O) groups is 5. The van der Waals surface area contributed by atoms with Gasteiger partial charge in [-0.05, 0) is 11.1 Å². The van der Waals surface area contributed by atoms with Crippen molar-refractivity contribution in [1.82, 2.24) is 5.32 Å². The number of methoxy groups -OCH3 is 2. The van der Waals surface area contributed by atoms with Gasteiger partial charge in [0, 0.05) is 34.8 Å². The van der Waals surface area contributed by atoms with Gasteiger partial charge in [0.1, 0.15) is 49.8 Å². The molecule has 2 aromatic rings. The molecule has 0 bridgehead atoms. The molecule has 1 N–H and O–H groups in total. The molecule has 0 spiro atoms. The van der Waals surface area contributed by atoms with Gasteiger partial charge >= 0.3 is 30.0 Å². The highest BCUT2D eigenvalue weighted by molar-refractivity contribution is 5.69. The van der Waals surface area contributed by atoms with E-state index in [1.54, 1.807) is 0 Å². The Morgan fingerprint density at radius 2 is 1.07 bits per heavy atom. The molecule has 2 aliphatic heterocycles. The fourth-order valence-corrected chi connectivity index (χ4v) is 5.99. The van der Waals surface area contributed by atoms with Crippen molar-refractivity contribution >= 4 is 30.0 Å². The van der Waals surface area contributed by atoms with E-state index in [-0.39, 0.29) is 19.8 Å². The van der Waals surface area contributed by atoms with Gasteiger partial charge in [0.15, 0.2) is 24.8 Å². The first kappa shape index (κ1) is 42.1. The summed E-state index contributed by atoms with van der Waals surface area (Å²) < 4.78 is 64.7. The normalized spacial score (nSPS) is 27.9. The fraction of sp³-hybridized carbons (Fsp3) is 0.541. The second-order valence-electron chi connectivity index (χ2n) is 12.4. The van der Waals surface area contributed by atoms with Gasteiger partial charge in [-0.25, -0.2) is 4.79 Å². The molecule has 0 aromatic heterocycles. The summed E-state index contributed by atoms with van der Waals surface area (Å²) in [6, 6.07) is 17.1. The minimum absolute atomic E-state index is 0.0450. The van der Waals surface area contributed by atoms with Crippen molar-refractivity contribution in [1.29, 1.82) is 0 Å². The van der Waals surface area contributed by atoms with Crippen molar-refractivity contribution in [3.05, 3.63) is 71.8 Å². The molecule has 2 aromatic carbocycles. The third-order valence-electron chi connectivity index (χ3n) is 8.31. The summed E-state index contributed by atoms with van der Waals surface area (Å²) in [4.78, 5) is 61.6. The highest BCUT2D eigenvalue weighted by atomic mass is 16.8. The summed E-state index contributed by atoms with van der Waals surface area (Å²) in [5.74, 6) is -2.85. The molecule has 54 heavy (non-hydrogen) atoms. The Bertz CT molecular complexity index is 1530. The predicted molar refractivity (Wildman–Crippen MR) is 183 cm³/mol. The third kappa shape index (κ3) is 12.2. The number of esters is 4. The number of nitrogens with one attached hydrogen (secondary N) is 1. The van der Waals surface area contributed by atoms with Crippen LogP contribution >= 0.6 is 0 Å². The van der Waals surface area contributed by atoms with Crippen LogP contribution in [0, 0.1) is 0 Å². The van der Waals surface area contributed by atoms with E-state index in [9.17, 15) is 24.0 Å². The number of benzene rings is 2. The molecule has 0 aliphatic carbocycles. The Hall–Kier alpha value is -4.65. The first-order valence-electron chi connectivity index (χ1n) is 17.2. The van der Waals surface area contributed by atoms with Gasteiger partial charge in [0.05, 0.1) is 20.3 Å². The van der Waals surface area contributed by atoms with Crippen molar-refractivity contribution in [3.63, 3.8) is 0 Å². The van der Waals surface area contributed by atoms with Gasteiger partial charge in [-0.1, -0.05) is 60.7 Å². The predicted octanol–water partition coefficient (Wildman–Crippen LogP) is 2.35. The van der Waals surface area contributed by atoms with E-state index >= 15 is 0 Å². The SMILES string of the molecule is COC(=O)N[C@H]1[C@H](O[C@@H]2[C@@H](OCc3ccccc3)[C@@H](OC)O[C@H](COC(C)=O)[C@H]2OCc2ccccc2)O[C@H](COC(C)=O)[C@@H](OC(C)=O)[C@@H]1OC(C)=O. The Balaban J connectivity index is 1.83. The molecule has 2 saturated heterocycles. The fourth-order valence-electron chi connectivity index (χ4n) is 5.99. The molecule has 4 rings (SSSR count). The molecule has 296 valence electrons. The quantitative estimate of drug-likeness (QED) is 0.193. The smallest absolute Gasteiger partial charge is 0.407 e. The van der Waals surface area contributed by atoms with E-state index in [2.05, 4.69) is 5.32 Å². The van der Waals surface area contributed by atoms with Gasteiger partial charge in [-0.3, -0.25) is 19.2 Å². The van der Waals surface area contributed by atoms with Crippen molar-refractivity contribution in [2.45, 2.75) is 102 Å². The van der Waals surface area contributed by atoms with Crippen LogP contribution in [0.25, 0.3) is 0 Å². The molecule has 17 heteroatoms. The Morgan fingerprint density at radius 1 is 0.593 bits per heavy atom. The van der Waals surface area contributed by atoms with Crippen LogP contribution in [0.15, 0.2) is 60.7 Å². The minimum Gasteiger partial charge on any atom is -0.463 e. The summed E-state index contributed by atoms with van der Waals surface area (Å²) in [5, 5.41) is 2.57. The lowest BCUT2D eigenvalue weighted by Crippen LogP contribution is -2.69. The number of hydrogen-bond acceptors (Lipinski definition) is 16. The van der Waals surface area contributed by atoms with Crippen molar-refractivity contribution in [2.24, 2.45) is 0 Å². The van der Waals surface area contributed by atoms with Crippen molar-refractivity contribution in [2.75, 3.05) is 27.4 Å². The Morgan fingerprint density at radius 3 is 1.56 bits per heavy atom. The molecule has 0 unspecified atom stereocenters. The van der Waals surface area contributed by atoms with Gasteiger partial charge in [-0.2, -0.15) is 0 Å². The number of carbonyl (C=O) groups excluding carboxylic acids is 5. The van der Waals surface area contributed by atoms with E-state index in [1.165, 1.54) is 21.0 Å². The number of alkyl carbamates (subject to hydrolysis) is 1. The lowest BCUT2D eigenvalue weighted by atomic mass is 9.94. The number of hydrogen-bond donors (Lipinski definition) is 1. The van der Waals surface area contributed by atoms with Crippen molar-refractivity contribution in [3.8, 4) is 0 Å². The maximum absolute atomic E-state index is 12.8. The van der Waals surface area contributed by atoms with Crippen LogP contribution in [-0.2, 0) is 84.5 Å². The zero-order valence-electron chi connectivity index (χ0n) is 30.9. The molecule has 0 saturated carbocycles. The molecule has 0 radical (unpaired) electrons. The summed E-state index contributed by atoms with van der Waals surface area (Å²) in [6.45, 7) is 4.01. The van der Waals surface area contributed by atoms with Crippen LogP contribution in [0.5, 0.6) is 0 Å². The number of amides is 1. The lowest BCUT2D eigenvalue weighted by molar-refractivity contribution is -0.356. The van der Waals surface area contributed by atoms with Crippen LogP contribution in [0.2, 0.25) is 0 Å². The summed E-state index contributed by atoms with van der Waals surface area (Å²) in [7, 11) is 2.51. The first-order valence-corrected chi connectivity index (χ1v) is 17.2. The maximum Gasteiger partial charge on any atom is 0.407 e. The van der Waals surface area contributed by atoms with Gasteiger partial charge in [0.25, 0.3) is 0 Å². The summed E-state index contributed by atoms with van der Waals surface area (Å²) in [6.07, 6.45) is -12.2. The molecular formula is C37H47NO16. The van der Waals surface area contributed by atoms with Crippen molar-refractivity contribution < 1.29 is 76.1 Å². The molecule has 2 aliphatic rings. The van der Waals surface area contributed by atoms with E-state index in [0.717, 1.165) is 32.1 Å². The average Bonchev–Trinajstić information content (AvgIpc) is 3.14. The largest absolute Gasteiger partial charge is 0.463 e. The molecule has 2 heterocycles. The Kier molecular flexibility index (Phi) is 16.1. The second kappa shape index (κ2) is 20.7. The maximum atomic E-state index is 12.8. The summed E-state index contributed by atoms with van der Waals surface area (Å²) >= 11 is 0. The van der Waals surface area contributed by atoms with E-state index in [4.69, 9.17) is 52.1 Å². The number of ether oxygens (including phenoxy) is 11. The third-order valence-corrected chi connectivity index (χ3v) is 8.31. The molecule has 2 fully saturated rings. The first-order chi connectivity index (χ1) is 25.9.